The monoisotopic (exact) mass is 565 g/mol. The Labute approximate surface area is 247 Å². The summed E-state index contributed by atoms with van der Waals surface area (Å²) in [5, 5.41) is 6.28. The van der Waals surface area contributed by atoms with E-state index in [9.17, 15) is 9.59 Å². The van der Waals surface area contributed by atoms with Gasteiger partial charge in [-0.2, -0.15) is 0 Å². The molecule has 1 aliphatic rings. The molecular weight excluding hydrogens is 526 g/mol. The summed E-state index contributed by atoms with van der Waals surface area (Å²) in [7, 11) is 1.73. The van der Waals surface area contributed by atoms with E-state index in [0.29, 0.717) is 17.1 Å². The molecule has 2 aromatic heterocycles. The average molecular weight is 566 g/mol. The summed E-state index contributed by atoms with van der Waals surface area (Å²) >= 11 is 0. The Bertz CT molecular complexity index is 1610. The molecule has 1 amide bonds. The van der Waals surface area contributed by atoms with Crippen molar-refractivity contribution < 1.29 is 9.53 Å². The molecule has 0 radical (unpaired) electrons. The molecule has 3 heterocycles. The van der Waals surface area contributed by atoms with E-state index in [0.717, 1.165) is 60.8 Å². The number of hydrogen-bond donors (Lipinski definition) is 2. The highest BCUT2D eigenvalue weighted by Gasteiger charge is 2.16. The van der Waals surface area contributed by atoms with Crippen molar-refractivity contribution in [1.82, 2.24) is 14.5 Å². The Kier molecular flexibility index (Phi) is 8.56. The third-order valence-electron chi connectivity index (χ3n) is 7.69. The van der Waals surface area contributed by atoms with Crippen LogP contribution in [0.2, 0.25) is 0 Å². The first-order valence-electron chi connectivity index (χ1n) is 14.3. The first-order chi connectivity index (χ1) is 20.1. The van der Waals surface area contributed by atoms with Gasteiger partial charge in [0.1, 0.15) is 11.5 Å². The predicted molar refractivity (Wildman–Crippen MR) is 169 cm³/mol. The highest BCUT2D eigenvalue weighted by Crippen LogP contribution is 2.30. The van der Waals surface area contributed by atoms with Gasteiger partial charge in [0.25, 0.3) is 11.5 Å². The zero-order chi connectivity index (χ0) is 29.9. The SMILES string of the molecule is Cc1c(NC(=O)c2ccc(C(C)(C)C)cc2)cccc1-c1cc(Nc2ccc(CN3CCOCC3)cn2)c(=O)n(C)c1. The number of ether oxygens (including phenoxy) is 1. The Morgan fingerprint density at radius 2 is 1.74 bits per heavy atom. The lowest BCUT2D eigenvalue weighted by Gasteiger charge is -2.26. The van der Waals surface area contributed by atoms with Crippen LogP contribution >= 0.6 is 0 Å². The van der Waals surface area contributed by atoms with Crippen molar-refractivity contribution in [1.29, 1.82) is 0 Å². The maximum absolute atomic E-state index is 13.1. The number of aromatic nitrogens is 2. The number of hydrogen-bond acceptors (Lipinski definition) is 6. The van der Waals surface area contributed by atoms with Crippen LogP contribution in [0.4, 0.5) is 17.2 Å². The number of nitrogens with one attached hydrogen (secondary N) is 2. The zero-order valence-electron chi connectivity index (χ0n) is 25.0. The van der Waals surface area contributed by atoms with E-state index >= 15 is 0 Å². The molecule has 2 N–H and O–H groups in total. The van der Waals surface area contributed by atoms with Gasteiger partial charge in [0.15, 0.2) is 0 Å². The molecule has 8 heteroatoms. The number of benzene rings is 2. The molecule has 2 aromatic carbocycles. The number of amides is 1. The van der Waals surface area contributed by atoms with E-state index < -0.39 is 0 Å². The minimum Gasteiger partial charge on any atom is -0.379 e. The van der Waals surface area contributed by atoms with Crippen LogP contribution in [-0.4, -0.2) is 46.7 Å². The van der Waals surface area contributed by atoms with Crippen LogP contribution in [0.5, 0.6) is 0 Å². The van der Waals surface area contributed by atoms with E-state index in [1.807, 2.05) is 80.0 Å². The Morgan fingerprint density at radius 3 is 2.40 bits per heavy atom. The minimum atomic E-state index is -0.165. The first kappa shape index (κ1) is 29.2. The molecule has 0 unspecified atom stereocenters. The molecule has 1 fully saturated rings. The molecular formula is C34H39N5O3. The normalized spacial score (nSPS) is 14.0. The molecule has 5 rings (SSSR count). The molecule has 0 aliphatic carbocycles. The van der Waals surface area contributed by atoms with Gasteiger partial charge >= 0.3 is 0 Å². The zero-order valence-corrected chi connectivity index (χ0v) is 25.0. The molecule has 0 saturated carbocycles. The van der Waals surface area contributed by atoms with Gasteiger partial charge in [0.2, 0.25) is 0 Å². The average Bonchev–Trinajstić information content (AvgIpc) is 2.97. The second-order valence-electron chi connectivity index (χ2n) is 11.9. The molecule has 42 heavy (non-hydrogen) atoms. The molecule has 8 nitrogen and oxygen atoms in total. The largest absolute Gasteiger partial charge is 0.379 e. The Balaban J connectivity index is 1.34. The van der Waals surface area contributed by atoms with E-state index in [1.165, 1.54) is 5.56 Å². The fraction of sp³-hybridized carbons (Fsp3) is 0.324. The number of carbonyl (C=O) groups is 1. The van der Waals surface area contributed by atoms with Crippen molar-refractivity contribution in [3.63, 3.8) is 0 Å². The lowest BCUT2D eigenvalue weighted by atomic mass is 9.86. The second kappa shape index (κ2) is 12.3. The number of morpholine rings is 1. The molecule has 0 spiro atoms. The van der Waals surface area contributed by atoms with Gasteiger partial charge < -0.3 is 19.9 Å². The Morgan fingerprint density at radius 1 is 1.00 bits per heavy atom. The van der Waals surface area contributed by atoms with Crippen LogP contribution in [0.25, 0.3) is 11.1 Å². The van der Waals surface area contributed by atoms with E-state index in [4.69, 9.17) is 4.74 Å². The summed E-state index contributed by atoms with van der Waals surface area (Å²) in [4.78, 5) is 33.0. The second-order valence-corrected chi connectivity index (χ2v) is 11.9. The van der Waals surface area contributed by atoms with Crippen LogP contribution in [0.15, 0.2) is 77.9 Å². The number of aryl methyl sites for hydroxylation is 1. The highest BCUT2D eigenvalue weighted by molar-refractivity contribution is 6.05. The number of pyridine rings is 2. The molecule has 0 atom stereocenters. The van der Waals surface area contributed by atoms with E-state index in [2.05, 4.69) is 41.3 Å². The molecule has 0 bridgehead atoms. The summed E-state index contributed by atoms with van der Waals surface area (Å²) in [5.74, 6) is 0.437. The standard InChI is InChI=1S/C34H39N5O3/c1-23-28(7-6-8-29(23)37-32(40)25-10-12-27(13-11-25)34(2,3)4)26-19-30(33(41)38(5)22-26)36-31-14-9-24(20-35-31)21-39-15-17-42-18-16-39/h6-14,19-20,22H,15-18,21H2,1-5H3,(H,35,36)(H,37,40). The number of rotatable bonds is 7. The van der Waals surface area contributed by atoms with Crippen molar-refractivity contribution in [3.8, 4) is 11.1 Å². The Hall–Kier alpha value is -4.27. The molecule has 218 valence electrons. The summed E-state index contributed by atoms with van der Waals surface area (Å²) in [6.07, 6.45) is 3.66. The van der Waals surface area contributed by atoms with Gasteiger partial charge in [-0.25, -0.2) is 4.98 Å². The van der Waals surface area contributed by atoms with Gasteiger partial charge in [-0.15, -0.1) is 0 Å². The van der Waals surface area contributed by atoms with Crippen LogP contribution in [-0.2, 0) is 23.7 Å². The third kappa shape index (κ3) is 6.78. The molecule has 4 aromatic rings. The summed E-state index contributed by atoms with van der Waals surface area (Å²) in [6, 6.07) is 19.3. The van der Waals surface area contributed by atoms with Gasteiger partial charge in [-0.3, -0.25) is 14.5 Å². The van der Waals surface area contributed by atoms with Crippen LogP contribution in [0.3, 0.4) is 0 Å². The van der Waals surface area contributed by atoms with Crippen molar-refractivity contribution in [3.05, 3.63) is 106 Å². The predicted octanol–water partition coefficient (Wildman–Crippen LogP) is 5.88. The van der Waals surface area contributed by atoms with Gasteiger partial charge in [0.05, 0.1) is 13.2 Å². The van der Waals surface area contributed by atoms with Crippen molar-refractivity contribution in [2.75, 3.05) is 36.9 Å². The highest BCUT2D eigenvalue weighted by atomic mass is 16.5. The summed E-state index contributed by atoms with van der Waals surface area (Å²) < 4.78 is 6.99. The molecule has 1 saturated heterocycles. The van der Waals surface area contributed by atoms with E-state index in [-0.39, 0.29) is 16.9 Å². The van der Waals surface area contributed by atoms with Crippen LogP contribution in [0.1, 0.15) is 47.8 Å². The lowest BCUT2D eigenvalue weighted by Crippen LogP contribution is -2.35. The van der Waals surface area contributed by atoms with Crippen molar-refractivity contribution in [2.45, 2.75) is 39.7 Å². The van der Waals surface area contributed by atoms with Crippen LogP contribution in [0, 0.1) is 6.92 Å². The number of anilines is 3. The fourth-order valence-electron chi connectivity index (χ4n) is 5.10. The van der Waals surface area contributed by atoms with Gasteiger partial charge in [-0.05, 0) is 64.9 Å². The molecule has 1 aliphatic heterocycles. The van der Waals surface area contributed by atoms with E-state index in [1.54, 1.807) is 11.6 Å². The van der Waals surface area contributed by atoms with Gasteiger partial charge in [-0.1, -0.05) is 51.1 Å². The topological polar surface area (TPSA) is 88.5 Å². The van der Waals surface area contributed by atoms with Crippen molar-refractivity contribution >= 4 is 23.1 Å². The maximum Gasteiger partial charge on any atom is 0.274 e. The van der Waals surface area contributed by atoms with Gasteiger partial charge in [0, 0.05) is 55.9 Å². The van der Waals surface area contributed by atoms with Crippen LogP contribution < -0.4 is 16.2 Å². The first-order valence-corrected chi connectivity index (χ1v) is 14.3. The lowest BCUT2D eigenvalue weighted by molar-refractivity contribution is 0.0341. The summed E-state index contributed by atoms with van der Waals surface area (Å²) in [6.45, 7) is 12.6. The number of nitrogens with zero attached hydrogens (tertiary/aromatic N) is 3. The van der Waals surface area contributed by atoms with Crippen molar-refractivity contribution in [2.24, 2.45) is 7.05 Å². The quantitative estimate of drug-likeness (QED) is 0.291. The smallest absolute Gasteiger partial charge is 0.274 e. The summed E-state index contributed by atoms with van der Waals surface area (Å²) in [5.41, 5.74) is 6.59. The fourth-order valence-corrected chi connectivity index (χ4v) is 5.10. The third-order valence-corrected chi connectivity index (χ3v) is 7.69. The maximum atomic E-state index is 13.1. The number of carbonyl (C=O) groups excluding carboxylic acids is 1. The minimum absolute atomic E-state index is 0.0198.